The summed E-state index contributed by atoms with van der Waals surface area (Å²) in [4.78, 5) is 20.6. The van der Waals surface area contributed by atoms with Gasteiger partial charge in [0.1, 0.15) is 0 Å². The van der Waals surface area contributed by atoms with E-state index in [1.165, 1.54) is 30.3 Å². The van der Waals surface area contributed by atoms with Crippen molar-refractivity contribution >= 4 is 10.9 Å². The molecule has 10 aliphatic heterocycles. The molecule has 0 bridgehead atoms. The number of hydrogen-bond acceptors (Lipinski definition) is 1. The maximum absolute atomic E-state index is 4.65. The molecule has 0 unspecified atom stereocenters. The first kappa shape index (κ1) is 11.9. The number of rotatable bonds is 4. The summed E-state index contributed by atoms with van der Waals surface area (Å²) in [6.45, 7) is -0.0534. The van der Waals surface area contributed by atoms with Crippen LogP contribution < -0.4 is 0 Å². The molecule has 0 amide bonds. The second kappa shape index (κ2) is 1.46. The van der Waals surface area contributed by atoms with Crippen LogP contribution in [0.3, 0.4) is 0 Å². The molecule has 2 aromatic rings. The zero-order chi connectivity index (χ0) is 16.6. The Morgan fingerprint density at radius 1 is 0.731 bits per heavy atom. The third-order valence-corrected chi connectivity index (χ3v) is 59.2. The number of pyridine rings is 1. The molecule has 11 heterocycles. The third kappa shape index (κ3) is 0.226. The summed E-state index contributed by atoms with van der Waals surface area (Å²) in [6, 6.07) is 12.6. The summed E-state index contributed by atoms with van der Waals surface area (Å²) in [6.07, 6.45) is 4.93. The average Bonchev–Trinajstić information content (AvgIpc) is 3.61. The number of aromatic nitrogens is 1. The first-order valence-electron chi connectivity index (χ1n) is 11.1. The van der Waals surface area contributed by atoms with Crippen LogP contribution in [0.4, 0.5) is 0 Å². The summed E-state index contributed by atoms with van der Waals surface area (Å²) < 4.78 is 0. The molecule has 12 rings (SSSR count). The van der Waals surface area contributed by atoms with Crippen LogP contribution in [0, 0.1) is 0 Å². The van der Waals surface area contributed by atoms with Gasteiger partial charge in [0.25, 0.3) is 0 Å². The number of nitrogens with zero attached hydrogens (tertiary/aromatic N) is 1. The zero-order valence-electron chi connectivity index (χ0n) is 15.4. The van der Waals surface area contributed by atoms with Gasteiger partial charge in [0.15, 0.2) is 0 Å². The molecule has 10 fully saturated rings. The van der Waals surface area contributed by atoms with Gasteiger partial charge < -0.3 is 0 Å². The normalized spacial score (nSPS) is 78.5. The van der Waals surface area contributed by atoms with E-state index in [4.69, 9.17) is 0 Å². The van der Waals surface area contributed by atoms with E-state index >= 15 is 0 Å². The number of unbranched alkanes of at least 4 members (excludes halogenated alkanes) is 2. The van der Waals surface area contributed by atoms with Crippen molar-refractivity contribution in [3.63, 3.8) is 0 Å². The van der Waals surface area contributed by atoms with Crippen molar-refractivity contribution < 1.29 is 6.51 Å². The van der Waals surface area contributed by atoms with Crippen molar-refractivity contribution in [1.29, 1.82) is 0 Å². The predicted octanol–water partition coefficient (Wildman–Crippen LogP) is 7.34. The fourth-order valence-electron chi connectivity index (χ4n) is 17.6. The van der Waals surface area contributed by atoms with Crippen molar-refractivity contribution in [2.75, 3.05) is 0 Å². The van der Waals surface area contributed by atoms with E-state index in [2.05, 4.69) is 42.2 Å². The van der Waals surface area contributed by atoms with Gasteiger partial charge in [-0.2, -0.15) is 0 Å². The molecule has 2 heteroatoms. The summed E-state index contributed by atoms with van der Waals surface area (Å²) in [7, 11) is 0. The van der Waals surface area contributed by atoms with E-state index in [-0.39, 0.29) is 0 Å². The fraction of sp³-hybridized carbons (Fsp3) is 0.625. The number of aryl methyl sites for hydroxylation is 1. The van der Waals surface area contributed by atoms with Crippen molar-refractivity contribution in [2.24, 2.45) is 0 Å². The maximum atomic E-state index is 4.65. The van der Waals surface area contributed by atoms with E-state index in [0.717, 1.165) is 11.9 Å². The first-order valence-corrected chi connectivity index (χ1v) is 17.5. The molecule has 0 aliphatic carbocycles. The summed E-state index contributed by atoms with van der Waals surface area (Å²) in [5, 5.41) is 1.23. The summed E-state index contributed by atoms with van der Waals surface area (Å²) >= 11 is 0. The number of benzene rings is 1. The van der Waals surface area contributed by atoms with Gasteiger partial charge in [-0.25, -0.2) is 0 Å². The van der Waals surface area contributed by atoms with E-state index < -0.39 is 6.51 Å². The van der Waals surface area contributed by atoms with Crippen molar-refractivity contribution in [3.8, 4) is 0 Å². The molecule has 1 spiro atoms. The molecule has 1 nitrogen and oxygen atoms in total. The van der Waals surface area contributed by atoms with Gasteiger partial charge >= 0.3 is 54.7 Å². The van der Waals surface area contributed by atoms with Gasteiger partial charge in [0.05, 0.1) is 5.52 Å². The van der Waals surface area contributed by atoms with Crippen molar-refractivity contribution in [2.45, 2.75) is 80.8 Å². The van der Waals surface area contributed by atoms with Crippen molar-refractivity contribution in [3.05, 3.63) is 42.1 Å². The summed E-state index contributed by atoms with van der Waals surface area (Å²) in [5.74, 6) is 0. The van der Waals surface area contributed by atoms with Crippen LogP contribution in [-0.4, -0.2) is 4.98 Å². The topological polar surface area (TPSA) is 12.9 Å². The quantitative estimate of drug-likeness (QED) is 0.396. The molecule has 1 aromatic carbocycles. The SMILES string of the molecule is CCCCCc1ccc2ccccc2n1.[CH]12[CH]3[CH]4[CH]5[CH]1[Fe]23451678[CH]2[CH]1[CH]6[CH]7[CH]28. The van der Waals surface area contributed by atoms with E-state index in [1.54, 1.807) is 48.2 Å². The molecular weight excluding hydrogens is 358 g/mol. The number of hydrogen-bond donors (Lipinski definition) is 0. The Morgan fingerprint density at radius 3 is 1.81 bits per heavy atom. The minimum absolute atomic E-state index is 1.11. The number of para-hydroxylation sites is 1. The van der Waals surface area contributed by atoms with Gasteiger partial charge in [-0.1, -0.05) is 44.0 Å². The molecule has 10 aliphatic rings. The first-order chi connectivity index (χ1) is 12.6. The van der Waals surface area contributed by atoms with Gasteiger partial charge in [-0.3, -0.25) is 4.98 Å². The monoisotopic (exact) mass is 385 g/mol. The van der Waals surface area contributed by atoms with E-state index in [0.29, 0.717) is 0 Å². The molecule has 10 saturated heterocycles. The molecule has 136 valence electrons. The number of fused-ring (bicyclic) bond motifs is 11. The third-order valence-electron chi connectivity index (χ3n) is 17.2. The van der Waals surface area contributed by atoms with Gasteiger partial charge in [0, 0.05) is 11.1 Å². The van der Waals surface area contributed by atoms with Crippen LogP contribution in [0.2, 0.25) is 48.2 Å². The minimum atomic E-state index is -2.28. The van der Waals surface area contributed by atoms with Crippen LogP contribution in [0.1, 0.15) is 31.9 Å². The fourth-order valence-corrected chi connectivity index (χ4v) is 89.8. The Kier molecular flexibility index (Phi) is 0.667. The van der Waals surface area contributed by atoms with Crippen LogP contribution in [0.25, 0.3) is 10.9 Å². The molecular formula is C24H27FeN. The van der Waals surface area contributed by atoms with Crippen LogP contribution in [-0.2, 0) is 12.9 Å². The molecule has 0 N–H and O–H groups in total. The average molecular weight is 385 g/mol. The molecule has 1 aromatic heterocycles. The molecule has 26 heavy (non-hydrogen) atoms. The summed E-state index contributed by atoms with van der Waals surface area (Å²) in [5.41, 5.74) is 2.34. The second-order valence-corrected chi connectivity index (χ2v) is 37.5. The van der Waals surface area contributed by atoms with Gasteiger partial charge in [-0.15, -0.1) is 0 Å². The molecule has 0 atom stereocenters. The van der Waals surface area contributed by atoms with E-state index in [1.807, 2.05) is 6.07 Å². The van der Waals surface area contributed by atoms with Gasteiger partial charge in [-0.05, 0) is 25.0 Å². The van der Waals surface area contributed by atoms with Crippen LogP contribution >= 0.6 is 0 Å². The second-order valence-electron chi connectivity index (χ2n) is 13.5. The Bertz CT molecular complexity index is 1230. The van der Waals surface area contributed by atoms with Crippen molar-refractivity contribution in [1.82, 2.24) is 4.98 Å². The van der Waals surface area contributed by atoms with E-state index in [9.17, 15) is 0 Å². The Balaban J connectivity index is 0.0000000836. The Labute approximate surface area is 145 Å². The van der Waals surface area contributed by atoms with Crippen LogP contribution in [0.15, 0.2) is 36.4 Å². The van der Waals surface area contributed by atoms with Gasteiger partial charge in [0.2, 0.25) is 0 Å². The predicted molar refractivity (Wildman–Crippen MR) is 102 cm³/mol. The zero-order valence-corrected chi connectivity index (χ0v) is 16.5. The Morgan fingerprint density at radius 2 is 1.31 bits per heavy atom. The standard InChI is InChI=1S/C14H17N.2C5H5.Fe/c1-2-3-4-8-13-11-10-12-7-5-6-9-14(12)15-13;2*1-2-4-5-3-1;/h5-7,9-11H,2-4,8H2,1H3;2*1-5H;. The van der Waals surface area contributed by atoms with Crippen LogP contribution in [0.5, 0.6) is 0 Å². The molecule has 0 radical (unpaired) electrons. The Hall–Kier alpha value is -0.851. The molecule has 0 saturated carbocycles.